The number of nitrogens with zero attached hydrogens (tertiary/aromatic N) is 1. The second-order valence-electron chi connectivity index (χ2n) is 5.25. The number of hydrogen-bond donors (Lipinski definition) is 1. The first kappa shape index (κ1) is 12.3. The fourth-order valence-electron chi connectivity index (χ4n) is 2.90. The quantitative estimate of drug-likeness (QED) is 0.784. The molecular formula is C11H22N2O2S. The fraction of sp³-hybridized carbons (Fsp3) is 1.00. The average Bonchev–Trinajstić information content (AvgIpc) is 2.60. The Hall–Kier alpha value is -0.130. The smallest absolute Gasteiger partial charge is 0.217 e. The van der Waals surface area contributed by atoms with E-state index in [2.05, 4.69) is 12.2 Å². The van der Waals surface area contributed by atoms with Crippen LogP contribution in [-0.2, 0) is 10.0 Å². The van der Waals surface area contributed by atoms with Crippen molar-refractivity contribution in [3.05, 3.63) is 0 Å². The predicted octanol–water partition coefficient (Wildman–Crippen LogP) is 0.798. The molecule has 0 saturated carbocycles. The number of rotatable bonds is 2. The lowest BCUT2D eigenvalue weighted by atomic mass is 10.1. The van der Waals surface area contributed by atoms with Crippen molar-refractivity contribution in [3.63, 3.8) is 0 Å². The van der Waals surface area contributed by atoms with Crippen LogP contribution in [0.1, 0.15) is 33.1 Å². The van der Waals surface area contributed by atoms with Gasteiger partial charge in [0.05, 0.1) is 5.25 Å². The Morgan fingerprint density at radius 1 is 1.19 bits per heavy atom. The maximum Gasteiger partial charge on any atom is 0.217 e. The minimum atomic E-state index is -3.05. The van der Waals surface area contributed by atoms with Gasteiger partial charge in [-0.2, -0.15) is 4.31 Å². The van der Waals surface area contributed by atoms with Crippen LogP contribution in [0, 0.1) is 5.92 Å². The lowest BCUT2D eigenvalue weighted by Crippen LogP contribution is -2.45. The molecule has 1 N–H and O–H groups in total. The standard InChI is InChI=1S/C11H22N2O2S/c1-9-7-10(2)13(8-9)16(14,15)11-3-5-12-6-4-11/h9-12H,3-8H2,1-2H3. The third-order valence-corrected chi connectivity index (χ3v) is 6.24. The van der Waals surface area contributed by atoms with Crippen LogP contribution < -0.4 is 5.32 Å². The van der Waals surface area contributed by atoms with Crippen LogP contribution in [0.3, 0.4) is 0 Å². The average molecular weight is 246 g/mol. The van der Waals surface area contributed by atoms with Crippen molar-refractivity contribution >= 4 is 10.0 Å². The van der Waals surface area contributed by atoms with Gasteiger partial charge in [-0.25, -0.2) is 8.42 Å². The largest absolute Gasteiger partial charge is 0.317 e. The molecule has 5 heteroatoms. The maximum absolute atomic E-state index is 12.4. The lowest BCUT2D eigenvalue weighted by molar-refractivity contribution is 0.384. The summed E-state index contributed by atoms with van der Waals surface area (Å²) in [5.74, 6) is 0.506. The highest BCUT2D eigenvalue weighted by Crippen LogP contribution is 2.29. The second-order valence-corrected chi connectivity index (χ2v) is 7.42. The normalized spacial score (nSPS) is 34.4. The maximum atomic E-state index is 12.4. The molecule has 0 aliphatic carbocycles. The van der Waals surface area contributed by atoms with Crippen molar-refractivity contribution in [1.82, 2.24) is 9.62 Å². The first-order valence-corrected chi connectivity index (χ1v) is 7.73. The molecule has 16 heavy (non-hydrogen) atoms. The monoisotopic (exact) mass is 246 g/mol. The van der Waals surface area contributed by atoms with E-state index < -0.39 is 10.0 Å². The molecule has 2 aliphatic heterocycles. The van der Waals surface area contributed by atoms with Crippen LogP contribution in [0.2, 0.25) is 0 Å². The molecule has 0 aromatic rings. The van der Waals surface area contributed by atoms with Gasteiger partial charge < -0.3 is 5.32 Å². The summed E-state index contributed by atoms with van der Waals surface area (Å²) in [6, 6.07) is 0.190. The summed E-state index contributed by atoms with van der Waals surface area (Å²) in [5, 5.41) is 3.06. The van der Waals surface area contributed by atoms with E-state index in [9.17, 15) is 8.42 Å². The van der Waals surface area contributed by atoms with Crippen LogP contribution in [0.25, 0.3) is 0 Å². The molecule has 94 valence electrons. The molecule has 0 aromatic carbocycles. The highest BCUT2D eigenvalue weighted by molar-refractivity contribution is 7.89. The van der Waals surface area contributed by atoms with Gasteiger partial charge in [-0.1, -0.05) is 6.92 Å². The van der Waals surface area contributed by atoms with Crippen LogP contribution in [-0.4, -0.2) is 43.6 Å². The van der Waals surface area contributed by atoms with E-state index in [1.165, 1.54) is 0 Å². The molecule has 2 heterocycles. The van der Waals surface area contributed by atoms with E-state index in [4.69, 9.17) is 0 Å². The van der Waals surface area contributed by atoms with Gasteiger partial charge in [-0.05, 0) is 45.2 Å². The molecule has 0 aromatic heterocycles. The van der Waals surface area contributed by atoms with Crippen molar-refractivity contribution < 1.29 is 8.42 Å². The lowest BCUT2D eigenvalue weighted by Gasteiger charge is -2.29. The summed E-state index contributed by atoms with van der Waals surface area (Å²) < 4.78 is 26.6. The van der Waals surface area contributed by atoms with E-state index >= 15 is 0 Å². The number of nitrogens with one attached hydrogen (secondary N) is 1. The van der Waals surface area contributed by atoms with Crippen LogP contribution in [0.15, 0.2) is 0 Å². The van der Waals surface area contributed by atoms with Crippen molar-refractivity contribution in [3.8, 4) is 0 Å². The molecule has 0 amide bonds. The number of piperidine rings is 1. The number of hydrogen-bond acceptors (Lipinski definition) is 3. The first-order chi connectivity index (χ1) is 7.51. The Balaban J connectivity index is 2.11. The molecule has 0 radical (unpaired) electrons. The molecule has 2 aliphatic rings. The number of sulfonamides is 1. The molecule has 2 fully saturated rings. The Morgan fingerprint density at radius 2 is 1.81 bits per heavy atom. The zero-order chi connectivity index (χ0) is 11.8. The van der Waals surface area contributed by atoms with Crippen molar-refractivity contribution in [1.29, 1.82) is 0 Å². The molecular weight excluding hydrogens is 224 g/mol. The van der Waals surface area contributed by atoms with Crippen LogP contribution >= 0.6 is 0 Å². The van der Waals surface area contributed by atoms with Gasteiger partial charge in [0.2, 0.25) is 10.0 Å². The summed E-state index contributed by atoms with van der Waals surface area (Å²) in [4.78, 5) is 0. The Labute approximate surface area is 98.4 Å². The van der Waals surface area contributed by atoms with Crippen molar-refractivity contribution in [2.24, 2.45) is 5.92 Å². The summed E-state index contributed by atoms with van der Waals surface area (Å²) in [5.41, 5.74) is 0. The molecule has 2 unspecified atom stereocenters. The summed E-state index contributed by atoms with van der Waals surface area (Å²) in [6.45, 7) is 6.55. The van der Waals surface area contributed by atoms with Gasteiger partial charge in [0.1, 0.15) is 0 Å². The molecule has 2 rings (SSSR count). The van der Waals surface area contributed by atoms with E-state index in [-0.39, 0.29) is 11.3 Å². The minimum absolute atomic E-state index is 0.151. The van der Waals surface area contributed by atoms with Gasteiger partial charge in [-0.3, -0.25) is 0 Å². The molecule has 0 spiro atoms. The van der Waals surface area contributed by atoms with E-state index in [0.717, 1.165) is 32.4 Å². The van der Waals surface area contributed by atoms with Gasteiger partial charge in [0, 0.05) is 12.6 Å². The molecule has 4 nitrogen and oxygen atoms in total. The Kier molecular flexibility index (Phi) is 3.56. The zero-order valence-corrected chi connectivity index (χ0v) is 11.0. The first-order valence-electron chi connectivity index (χ1n) is 6.23. The van der Waals surface area contributed by atoms with Crippen LogP contribution in [0.4, 0.5) is 0 Å². The Bertz CT molecular complexity index is 336. The highest BCUT2D eigenvalue weighted by atomic mass is 32.2. The predicted molar refractivity (Wildman–Crippen MR) is 64.8 cm³/mol. The van der Waals surface area contributed by atoms with Gasteiger partial charge in [-0.15, -0.1) is 0 Å². The highest BCUT2D eigenvalue weighted by Gasteiger charge is 2.39. The second kappa shape index (κ2) is 4.63. The van der Waals surface area contributed by atoms with Gasteiger partial charge in [0.15, 0.2) is 0 Å². The van der Waals surface area contributed by atoms with Gasteiger partial charge in [0.25, 0.3) is 0 Å². The minimum Gasteiger partial charge on any atom is -0.317 e. The van der Waals surface area contributed by atoms with E-state index in [1.54, 1.807) is 4.31 Å². The third-order valence-electron chi connectivity index (χ3n) is 3.76. The summed E-state index contributed by atoms with van der Waals surface area (Å²) >= 11 is 0. The van der Waals surface area contributed by atoms with Gasteiger partial charge >= 0.3 is 0 Å². The summed E-state index contributed by atoms with van der Waals surface area (Å²) in [7, 11) is -3.05. The molecule has 0 bridgehead atoms. The van der Waals surface area contributed by atoms with E-state index in [1.807, 2.05) is 6.92 Å². The fourth-order valence-corrected chi connectivity index (χ4v) is 5.17. The third kappa shape index (κ3) is 2.26. The topological polar surface area (TPSA) is 49.4 Å². The van der Waals surface area contributed by atoms with Crippen molar-refractivity contribution in [2.45, 2.75) is 44.4 Å². The van der Waals surface area contributed by atoms with Crippen molar-refractivity contribution in [2.75, 3.05) is 19.6 Å². The Morgan fingerprint density at radius 3 is 2.31 bits per heavy atom. The SMILES string of the molecule is CC1CC(C)N(S(=O)(=O)C2CCNCC2)C1. The zero-order valence-electron chi connectivity index (χ0n) is 10.1. The van der Waals surface area contributed by atoms with Crippen LogP contribution in [0.5, 0.6) is 0 Å². The summed E-state index contributed by atoms with van der Waals surface area (Å²) in [6.07, 6.45) is 2.53. The van der Waals surface area contributed by atoms with E-state index in [0.29, 0.717) is 12.5 Å². The molecule has 2 atom stereocenters. The molecule has 2 saturated heterocycles.